The van der Waals surface area contributed by atoms with Gasteiger partial charge in [0.1, 0.15) is 0 Å². The second-order valence-electron chi connectivity index (χ2n) is 3.83. The maximum atomic E-state index is 11.9. The molecule has 2 N–H and O–H groups in total. The number of rotatable bonds is 5. The number of hydrogen-bond donors (Lipinski definition) is 1. The zero-order valence-electron chi connectivity index (χ0n) is 9.36. The molecular formula is C12H18N2O. The summed E-state index contributed by atoms with van der Waals surface area (Å²) in [6.07, 6.45) is 4.81. The number of Topliss-reactive ketones (excluding diaryl/α,β-unsaturated/α-hetero) is 1. The lowest BCUT2D eigenvalue weighted by atomic mass is 9.95. The Balaban J connectivity index is 2.73. The molecule has 0 radical (unpaired) electrons. The quantitative estimate of drug-likeness (QED) is 0.749. The van der Waals surface area contributed by atoms with E-state index in [0.717, 1.165) is 17.5 Å². The minimum Gasteiger partial charge on any atom is -0.330 e. The Kier molecular flexibility index (Phi) is 4.43. The maximum Gasteiger partial charge on any atom is 0.165 e. The third-order valence-corrected chi connectivity index (χ3v) is 2.72. The van der Waals surface area contributed by atoms with Crippen molar-refractivity contribution in [2.45, 2.75) is 26.7 Å². The van der Waals surface area contributed by atoms with Crippen molar-refractivity contribution in [3.63, 3.8) is 0 Å². The van der Waals surface area contributed by atoms with Crippen LogP contribution in [0, 0.1) is 12.8 Å². The molecule has 1 atom stereocenters. The molecule has 3 nitrogen and oxygen atoms in total. The molecule has 0 aliphatic heterocycles. The van der Waals surface area contributed by atoms with E-state index < -0.39 is 0 Å². The number of carbonyl (C=O) groups is 1. The Morgan fingerprint density at radius 2 is 2.33 bits per heavy atom. The first kappa shape index (κ1) is 11.9. The van der Waals surface area contributed by atoms with E-state index in [0.29, 0.717) is 13.0 Å². The molecule has 1 heterocycles. The monoisotopic (exact) mass is 206 g/mol. The van der Waals surface area contributed by atoms with Crippen molar-refractivity contribution in [1.82, 2.24) is 4.98 Å². The van der Waals surface area contributed by atoms with E-state index >= 15 is 0 Å². The van der Waals surface area contributed by atoms with E-state index in [1.807, 2.05) is 13.0 Å². The highest BCUT2D eigenvalue weighted by atomic mass is 16.1. The third kappa shape index (κ3) is 3.13. The summed E-state index contributed by atoms with van der Waals surface area (Å²) in [6, 6.07) is 1.86. The van der Waals surface area contributed by atoms with Crippen LogP contribution in [0.5, 0.6) is 0 Å². The number of ketones is 1. The van der Waals surface area contributed by atoms with E-state index in [-0.39, 0.29) is 11.7 Å². The summed E-state index contributed by atoms with van der Waals surface area (Å²) in [7, 11) is 0. The summed E-state index contributed by atoms with van der Waals surface area (Å²) >= 11 is 0. The molecule has 0 aromatic carbocycles. The van der Waals surface area contributed by atoms with Crippen LogP contribution in [0.4, 0.5) is 0 Å². The van der Waals surface area contributed by atoms with Crippen LogP contribution in [0.25, 0.3) is 0 Å². The van der Waals surface area contributed by atoms with E-state index in [9.17, 15) is 4.79 Å². The van der Waals surface area contributed by atoms with E-state index in [4.69, 9.17) is 5.73 Å². The number of carbonyl (C=O) groups excluding carboxylic acids is 1. The minimum absolute atomic E-state index is 0.151. The Morgan fingerprint density at radius 3 is 2.87 bits per heavy atom. The number of nitrogens with two attached hydrogens (primary N) is 1. The molecule has 0 saturated heterocycles. The SMILES string of the molecule is CCC(CN)CC(=O)c1cnccc1C. The minimum atomic E-state index is 0.151. The Bertz CT molecular complexity index is 332. The Hall–Kier alpha value is -1.22. The highest BCUT2D eigenvalue weighted by molar-refractivity contribution is 5.97. The van der Waals surface area contributed by atoms with Gasteiger partial charge in [0.05, 0.1) is 0 Å². The number of pyridine rings is 1. The lowest BCUT2D eigenvalue weighted by Crippen LogP contribution is -2.18. The lowest BCUT2D eigenvalue weighted by molar-refractivity contribution is 0.0960. The standard InChI is InChI=1S/C12H18N2O/c1-3-10(7-13)6-12(15)11-8-14-5-4-9(11)2/h4-5,8,10H,3,6-7,13H2,1-2H3. The first-order valence-electron chi connectivity index (χ1n) is 5.32. The Labute approximate surface area is 90.7 Å². The van der Waals surface area contributed by atoms with Crippen LogP contribution < -0.4 is 5.73 Å². The van der Waals surface area contributed by atoms with Crippen LogP contribution in [0.15, 0.2) is 18.5 Å². The normalized spacial score (nSPS) is 12.5. The number of hydrogen-bond acceptors (Lipinski definition) is 3. The third-order valence-electron chi connectivity index (χ3n) is 2.72. The van der Waals surface area contributed by atoms with Gasteiger partial charge in [0, 0.05) is 24.4 Å². The summed E-state index contributed by atoms with van der Waals surface area (Å²) in [5, 5.41) is 0. The fourth-order valence-electron chi connectivity index (χ4n) is 1.52. The first-order valence-corrected chi connectivity index (χ1v) is 5.32. The fraction of sp³-hybridized carbons (Fsp3) is 0.500. The van der Waals surface area contributed by atoms with Crippen molar-refractivity contribution in [2.75, 3.05) is 6.54 Å². The van der Waals surface area contributed by atoms with Crippen molar-refractivity contribution in [2.24, 2.45) is 11.7 Å². The van der Waals surface area contributed by atoms with Crippen LogP contribution in [-0.4, -0.2) is 17.3 Å². The van der Waals surface area contributed by atoms with Gasteiger partial charge in [0.15, 0.2) is 5.78 Å². The van der Waals surface area contributed by atoms with Crippen LogP contribution >= 0.6 is 0 Å². The van der Waals surface area contributed by atoms with Gasteiger partial charge in [-0.1, -0.05) is 13.3 Å². The van der Waals surface area contributed by atoms with Gasteiger partial charge < -0.3 is 5.73 Å². The molecule has 82 valence electrons. The molecule has 0 aliphatic carbocycles. The van der Waals surface area contributed by atoms with Gasteiger partial charge in [-0.2, -0.15) is 0 Å². The fourth-order valence-corrected chi connectivity index (χ4v) is 1.52. The molecular weight excluding hydrogens is 188 g/mol. The van der Waals surface area contributed by atoms with Gasteiger partial charge >= 0.3 is 0 Å². The second-order valence-corrected chi connectivity index (χ2v) is 3.83. The van der Waals surface area contributed by atoms with Crippen molar-refractivity contribution in [3.05, 3.63) is 29.6 Å². The molecule has 0 bridgehead atoms. The van der Waals surface area contributed by atoms with Gasteiger partial charge in [-0.05, 0) is 31.0 Å². The van der Waals surface area contributed by atoms with Gasteiger partial charge in [-0.15, -0.1) is 0 Å². The van der Waals surface area contributed by atoms with E-state index in [1.165, 1.54) is 0 Å². The molecule has 1 unspecified atom stereocenters. The summed E-state index contributed by atoms with van der Waals surface area (Å²) in [5.41, 5.74) is 7.29. The van der Waals surface area contributed by atoms with Crippen LogP contribution in [0.2, 0.25) is 0 Å². The molecule has 0 aliphatic rings. The highest BCUT2D eigenvalue weighted by Gasteiger charge is 2.14. The van der Waals surface area contributed by atoms with Gasteiger partial charge in [0.25, 0.3) is 0 Å². The van der Waals surface area contributed by atoms with Crippen molar-refractivity contribution in [3.8, 4) is 0 Å². The van der Waals surface area contributed by atoms with E-state index in [1.54, 1.807) is 12.4 Å². The number of aryl methyl sites for hydroxylation is 1. The maximum absolute atomic E-state index is 11.9. The summed E-state index contributed by atoms with van der Waals surface area (Å²) in [6.45, 7) is 4.56. The summed E-state index contributed by atoms with van der Waals surface area (Å²) in [5.74, 6) is 0.440. The second kappa shape index (κ2) is 5.61. The Morgan fingerprint density at radius 1 is 1.60 bits per heavy atom. The van der Waals surface area contributed by atoms with Gasteiger partial charge in [-0.25, -0.2) is 0 Å². The van der Waals surface area contributed by atoms with Gasteiger partial charge in [0.2, 0.25) is 0 Å². The average molecular weight is 206 g/mol. The van der Waals surface area contributed by atoms with Gasteiger partial charge in [-0.3, -0.25) is 9.78 Å². The van der Waals surface area contributed by atoms with Crippen LogP contribution in [0.1, 0.15) is 35.7 Å². The molecule has 1 rings (SSSR count). The van der Waals surface area contributed by atoms with Crippen molar-refractivity contribution < 1.29 is 4.79 Å². The largest absolute Gasteiger partial charge is 0.330 e. The number of aromatic nitrogens is 1. The molecule has 0 spiro atoms. The smallest absolute Gasteiger partial charge is 0.165 e. The molecule has 0 saturated carbocycles. The molecule has 0 fully saturated rings. The predicted molar refractivity (Wildman–Crippen MR) is 60.8 cm³/mol. The molecule has 3 heteroatoms. The van der Waals surface area contributed by atoms with Crippen molar-refractivity contribution >= 4 is 5.78 Å². The molecule has 0 amide bonds. The topological polar surface area (TPSA) is 56.0 Å². The lowest BCUT2D eigenvalue weighted by Gasteiger charge is -2.11. The van der Waals surface area contributed by atoms with Crippen LogP contribution in [0.3, 0.4) is 0 Å². The van der Waals surface area contributed by atoms with Crippen molar-refractivity contribution in [1.29, 1.82) is 0 Å². The summed E-state index contributed by atoms with van der Waals surface area (Å²) < 4.78 is 0. The van der Waals surface area contributed by atoms with E-state index in [2.05, 4.69) is 11.9 Å². The highest BCUT2D eigenvalue weighted by Crippen LogP contribution is 2.14. The molecule has 1 aromatic rings. The zero-order chi connectivity index (χ0) is 11.3. The summed E-state index contributed by atoms with van der Waals surface area (Å²) in [4.78, 5) is 15.9. The predicted octanol–water partition coefficient (Wildman–Crippen LogP) is 1.95. The van der Waals surface area contributed by atoms with Crippen LogP contribution in [-0.2, 0) is 0 Å². The molecule has 15 heavy (non-hydrogen) atoms. The number of nitrogens with zero attached hydrogens (tertiary/aromatic N) is 1. The average Bonchev–Trinajstić information content (AvgIpc) is 2.26. The first-order chi connectivity index (χ1) is 7.19. The zero-order valence-corrected chi connectivity index (χ0v) is 9.36. The molecule has 1 aromatic heterocycles.